The number of nitrogens with zero attached hydrogens (tertiary/aromatic N) is 1. The van der Waals surface area contributed by atoms with Crippen LogP contribution in [0.5, 0.6) is 0 Å². The molecular weight excluding hydrogens is 266 g/mol. The van der Waals surface area contributed by atoms with E-state index in [2.05, 4.69) is 10.6 Å². The van der Waals surface area contributed by atoms with Crippen LogP contribution in [0.25, 0.3) is 0 Å². The molecule has 0 saturated heterocycles. The Morgan fingerprint density at radius 3 is 2.38 bits per heavy atom. The third-order valence-corrected chi connectivity index (χ3v) is 3.28. The van der Waals surface area contributed by atoms with Gasteiger partial charge < -0.3 is 15.5 Å². The molecule has 0 fully saturated rings. The van der Waals surface area contributed by atoms with Crippen molar-refractivity contribution in [3.8, 4) is 0 Å². The number of carbonyl (C=O) groups excluding carboxylic acids is 2. The summed E-state index contributed by atoms with van der Waals surface area (Å²) < 4.78 is 0. The predicted molar refractivity (Wildman–Crippen MR) is 85.5 cm³/mol. The van der Waals surface area contributed by atoms with Crippen LogP contribution in [-0.4, -0.2) is 42.9 Å². The normalized spacial score (nSPS) is 10.0. The summed E-state index contributed by atoms with van der Waals surface area (Å²) in [6.07, 6.45) is 0.330. The summed E-state index contributed by atoms with van der Waals surface area (Å²) in [4.78, 5) is 25.8. The second-order valence-corrected chi connectivity index (χ2v) is 4.65. The highest BCUT2D eigenvalue weighted by molar-refractivity contribution is 5.99. The largest absolute Gasteiger partial charge is 0.385 e. The molecule has 21 heavy (non-hydrogen) atoms. The van der Waals surface area contributed by atoms with Crippen LogP contribution >= 0.6 is 0 Å². The van der Waals surface area contributed by atoms with Crippen LogP contribution in [-0.2, 0) is 4.79 Å². The van der Waals surface area contributed by atoms with Crippen LogP contribution in [0.3, 0.4) is 0 Å². The molecule has 0 aliphatic rings. The van der Waals surface area contributed by atoms with Crippen molar-refractivity contribution < 1.29 is 9.59 Å². The van der Waals surface area contributed by atoms with E-state index in [0.29, 0.717) is 31.6 Å². The fourth-order valence-corrected chi connectivity index (χ4v) is 2.14. The topological polar surface area (TPSA) is 61.4 Å². The Morgan fingerprint density at radius 1 is 1.10 bits per heavy atom. The standard InChI is InChI=1S/C16H25N3O2/c1-4-17-14-10-8-7-9-13(14)16(21)18-12-11-15(20)19(5-2)6-3/h7-10,17H,4-6,11-12H2,1-3H3,(H,18,21). The fraction of sp³-hybridized carbons (Fsp3) is 0.500. The van der Waals surface area contributed by atoms with E-state index < -0.39 is 0 Å². The Labute approximate surface area is 126 Å². The molecule has 0 radical (unpaired) electrons. The number of amides is 2. The number of hydrogen-bond donors (Lipinski definition) is 2. The molecule has 116 valence electrons. The Morgan fingerprint density at radius 2 is 1.76 bits per heavy atom. The van der Waals surface area contributed by atoms with Crippen LogP contribution in [0, 0.1) is 0 Å². The van der Waals surface area contributed by atoms with E-state index >= 15 is 0 Å². The van der Waals surface area contributed by atoms with Gasteiger partial charge in [-0.1, -0.05) is 12.1 Å². The van der Waals surface area contributed by atoms with Crippen molar-refractivity contribution in [1.29, 1.82) is 0 Å². The molecular formula is C16H25N3O2. The summed E-state index contributed by atoms with van der Waals surface area (Å²) in [5, 5.41) is 5.96. The van der Waals surface area contributed by atoms with Crippen molar-refractivity contribution in [1.82, 2.24) is 10.2 Å². The van der Waals surface area contributed by atoms with E-state index in [0.717, 1.165) is 12.2 Å². The third-order valence-electron chi connectivity index (χ3n) is 3.28. The van der Waals surface area contributed by atoms with E-state index in [1.54, 1.807) is 11.0 Å². The van der Waals surface area contributed by atoms with Gasteiger partial charge >= 0.3 is 0 Å². The van der Waals surface area contributed by atoms with Crippen LogP contribution in [0.4, 0.5) is 5.69 Å². The second-order valence-electron chi connectivity index (χ2n) is 4.65. The van der Waals surface area contributed by atoms with Crippen molar-refractivity contribution in [3.05, 3.63) is 29.8 Å². The van der Waals surface area contributed by atoms with E-state index in [9.17, 15) is 9.59 Å². The van der Waals surface area contributed by atoms with Crippen LogP contribution in [0.2, 0.25) is 0 Å². The van der Waals surface area contributed by atoms with E-state index in [4.69, 9.17) is 0 Å². The van der Waals surface area contributed by atoms with E-state index in [-0.39, 0.29) is 11.8 Å². The first-order chi connectivity index (χ1) is 10.1. The zero-order valence-electron chi connectivity index (χ0n) is 13.1. The highest BCUT2D eigenvalue weighted by Crippen LogP contribution is 2.14. The molecule has 0 saturated carbocycles. The molecule has 0 unspecified atom stereocenters. The van der Waals surface area contributed by atoms with Gasteiger partial charge in [0.2, 0.25) is 5.91 Å². The first kappa shape index (κ1) is 17.0. The Balaban J connectivity index is 2.53. The number of anilines is 1. The minimum Gasteiger partial charge on any atom is -0.385 e. The van der Waals surface area contributed by atoms with E-state index in [1.165, 1.54) is 0 Å². The SMILES string of the molecule is CCNc1ccccc1C(=O)NCCC(=O)N(CC)CC. The van der Waals surface area contributed by atoms with Crippen molar-refractivity contribution in [3.63, 3.8) is 0 Å². The zero-order valence-corrected chi connectivity index (χ0v) is 13.1. The van der Waals surface area contributed by atoms with Crippen molar-refractivity contribution in [2.75, 3.05) is 31.5 Å². The molecule has 1 aromatic rings. The average Bonchev–Trinajstić information content (AvgIpc) is 2.49. The van der Waals surface area contributed by atoms with Gasteiger partial charge in [-0.15, -0.1) is 0 Å². The first-order valence-electron chi connectivity index (χ1n) is 7.52. The number of hydrogen-bond acceptors (Lipinski definition) is 3. The monoisotopic (exact) mass is 291 g/mol. The van der Waals surface area contributed by atoms with Crippen molar-refractivity contribution in [2.45, 2.75) is 27.2 Å². The predicted octanol–water partition coefficient (Wildman–Crippen LogP) is 2.11. The quantitative estimate of drug-likeness (QED) is 0.771. The molecule has 0 heterocycles. The second kappa shape index (κ2) is 9.00. The molecule has 0 aliphatic carbocycles. The molecule has 0 atom stereocenters. The fourth-order valence-electron chi connectivity index (χ4n) is 2.14. The molecule has 1 rings (SSSR count). The van der Waals surface area contributed by atoms with Gasteiger partial charge in [0.1, 0.15) is 0 Å². The minimum atomic E-state index is -0.154. The average molecular weight is 291 g/mol. The number of para-hydroxylation sites is 1. The lowest BCUT2D eigenvalue weighted by atomic mass is 10.1. The number of rotatable bonds is 8. The van der Waals surface area contributed by atoms with Gasteiger partial charge in [0.05, 0.1) is 5.56 Å². The molecule has 0 bridgehead atoms. The lowest BCUT2D eigenvalue weighted by Gasteiger charge is -2.18. The lowest BCUT2D eigenvalue weighted by Crippen LogP contribution is -2.34. The molecule has 0 aliphatic heterocycles. The molecule has 2 N–H and O–H groups in total. The smallest absolute Gasteiger partial charge is 0.253 e. The summed E-state index contributed by atoms with van der Waals surface area (Å²) in [6, 6.07) is 7.37. The summed E-state index contributed by atoms with van der Waals surface area (Å²) in [5.74, 6) is -0.0841. The molecule has 1 aromatic carbocycles. The van der Waals surface area contributed by atoms with Gasteiger partial charge in [-0.2, -0.15) is 0 Å². The van der Waals surface area contributed by atoms with Gasteiger partial charge in [-0.3, -0.25) is 9.59 Å². The maximum atomic E-state index is 12.2. The third kappa shape index (κ3) is 5.10. The Hall–Kier alpha value is -2.04. The summed E-state index contributed by atoms with van der Waals surface area (Å²) in [7, 11) is 0. The highest BCUT2D eigenvalue weighted by Gasteiger charge is 2.12. The molecule has 0 aromatic heterocycles. The maximum Gasteiger partial charge on any atom is 0.253 e. The van der Waals surface area contributed by atoms with Crippen LogP contribution in [0.1, 0.15) is 37.6 Å². The minimum absolute atomic E-state index is 0.0697. The summed E-state index contributed by atoms with van der Waals surface area (Å²) >= 11 is 0. The van der Waals surface area contributed by atoms with Gasteiger partial charge in [0, 0.05) is 38.3 Å². The number of benzene rings is 1. The molecule has 5 nitrogen and oxygen atoms in total. The molecule has 0 spiro atoms. The molecule has 5 heteroatoms. The van der Waals surface area contributed by atoms with Gasteiger partial charge in [-0.05, 0) is 32.9 Å². The summed E-state index contributed by atoms with van der Waals surface area (Å²) in [5.41, 5.74) is 1.42. The summed E-state index contributed by atoms with van der Waals surface area (Å²) in [6.45, 7) is 8.40. The Bertz CT molecular complexity index is 470. The lowest BCUT2D eigenvalue weighted by molar-refractivity contribution is -0.130. The van der Waals surface area contributed by atoms with Crippen LogP contribution in [0.15, 0.2) is 24.3 Å². The Kier molecular flexibility index (Phi) is 7.29. The van der Waals surface area contributed by atoms with Crippen LogP contribution < -0.4 is 10.6 Å². The van der Waals surface area contributed by atoms with Crippen molar-refractivity contribution in [2.24, 2.45) is 0 Å². The molecule has 2 amide bonds. The highest BCUT2D eigenvalue weighted by atomic mass is 16.2. The maximum absolute atomic E-state index is 12.2. The zero-order chi connectivity index (χ0) is 15.7. The van der Waals surface area contributed by atoms with Crippen molar-refractivity contribution >= 4 is 17.5 Å². The van der Waals surface area contributed by atoms with Gasteiger partial charge in [0.25, 0.3) is 5.91 Å². The number of nitrogens with one attached hydrogen (secondary N) is 2. The first-order valence-corrected chi connectivity index (χ1v) is 7.52. The van der Waals surface area contributed by atoms with Gasteiger partial charge in [0.15, 0.2) is 0 Å². The van der Waals surface area contributed by atoms with E-state index in [1.807, 2.05) is 39.0 Å². The van der Waals surface area contributed by atoms with Gasteiger partial charge in [-0.25, -0.2) is 0 Å². The number of carbonyl (C=O) groups is 2.